The van der Waals surface area contributed by atoms with E-state index in [1.54, 1.807) is 69.3 Å². The van der Waals surface area contributed by atoms with Gasteiger partial charge in [0.15, 0.2) is 0 Å². The second-order valence-corrected chi connectivity index (χ2v) is 10.5. The van der Waals surface area contributed by atoms with E-state index >= 15 is 0 Å². The fraction of sp³-hybridized carbons (Fsp3) is 0.303. The van der Waals surface area contributed by atoms with Crippen LogP contribution in [0.5, 0.6) is 5.75 Å². The predicted octanol–water partition coefficient (Wildman–Crippen LogP) is 6.93. The third-order valence-corrected chi connectivity index (χ3v) is 6.82. The van der Waals surface area contributed by atoms with Gasteiger partial charge in [0.1, 0.15) is 17.6 Å². The molecular formula is C33H33F3N2O6. The average Bonchev–Trinajstić information content (AvgIpc) is 3.35. The van der Waals surface area contributed by atoms with Crippen LogP contribution in [-0.4, -0.2) is 34.7 Å². The van der Waals surface area contributed by atoms with E-state index in [-0.39, 0.29) is 25.6 Å². The third kappa shape index (κ3) is 8.25. The van der Waals surface area contributed by atoms with Crippen LogP contribution < -0.4 is 10.5 Å². The van der Waals surface area contributed by atoms with Gasteiger partial charge in [-0.15, -0.1) is 0 Å². The number of benzene rings is 3. The van der Waals surface area contributed by atoms with Gasteiger partial charge in [-0.1, -0.05) is 30.3 Å². The van der Waals surface area contributed by atoms with E-state index in [4.69, 9.17) is 24.7 Å². The molecule has 0 amide bonds. The molecule has 1 heterocycles. The first-order valence-corrected chi connectivity index (χ1v) is 14.0. The second-order valence-electron chi connectivity index (χ2n) is 10.5. The number of hydrogen-bond acceptors (Lipinski definition) is 7. The second kappa shape index (κ2) is 13.8. The van der Waals surface area contributed by atoms with E-state index in [1.807, 2.05) is 0 Å². The van der Waals surface area contributed by atoms with Gasteiger partial charge in [0, 0.05) is 18.4 Å². The molecule has 232 valence electrons. The lowest BCUT2D eigenvalue weighted by Crippen LogP contribution is -2.27. The normalized spacial score (nSPS) is 12.3. The molecule has 0 fully saturated rings. The number of alkyl halides is 3. The summed E-state index contributed by atoms with van der Waals surface area (Å²) < 4.78 is 56.3. The maximum Gasteiger partial charge on any atom is 0.416 e. The van der Waals surface area contributed by atoms with Gasteiger partial charge in [-0.05, 0) is 85.8 Å². The molecule has 0 saturated heterocycles. The summed E-state index contributed by atoms with van der Waals surface area (Å²) in [7, 11) is 0. The van der Waals surface area contributed by atoms with Crippen molar-refractivity contribution in [2.75, 3.05) is 6.61 Å². The molecule has 1 aromatic heterocycles. The number of rotatable bonds is 12. The van der Waals surface area contributed by atoms with Crippen molar-refractivity contribution in [3.8, 4) is 28.3 Å². The fourth-order valence-electron chi connectivity index (χ4n) is 4.58. The summed E-state index contributed by atoms with van der Waals surface area (Å²) in [4.78, 5) is 28.2. The van der Waals surface area contributed by atoms with Crippen LogP contribution in [0.2, 0.25) is 0 Å². The standard InChI is InChI=1S/C33H33F3N2O6/c1-19(2)43-32(41)30(37)27-18-26(13-11-22(27)12-14-29(39)40)42-16-15-28-20(3)44-31(38-28)23-9-7-21(8-10-23)24-5-4-6-25(17-24)33(34,35)36/h4-11,13,17-19,30H,12,14-16,37H2,1-3H3,(H,39,40). The average molecular weight is 611 g/mol. The summed E-state index contributed by atoms with van der Waals surface area (Å²) in [6.45, 7) is 5.42. The number of oxazole rings is 1. The molecule has 1 atom stereocenters. The minimum Gasteiger partial charge on any atom is -0.493 e. The molecule has 3 aromatic carbocycles. The zero-order valence-corrected chi connectivity index (χ0v) is 24.5. The molecule has 44 heavy (non-hydrogen) atoms. The lowest BCUT2D eigenvalue weighted by molar-refractivity contribution is -0.149. The number of aliphatic carboxylic acids is 1. The number of aryl methyl sites for hydroxylation is 2. The maximum absolute atomic E-state index is 13.1. The number of carboxylic acid groups (broad SMARTS) is 1. The molecule has 8 nitrogen and oxygen atoms in total. The van der Waals surface area contributed by atoms with Gasteiger partial charge in [-0.3, -0.25) is 4.79 Å². The van der Waals surface area contributed by atoms with E-state index in [0.717, 1.165) is 12.1 Å². The van der Waals surface area contributed by atoms with Crippen molar-refractivity contribution in [2.45, 2.75) is 58.4 Å². The molecule has 0 bridgehead atoms. The summed E-state index contributed by atoms with van der Waals surface area (Å²) in [5.41, 5.74) is 8.92. The quantitative estimate of drug-likeness (QED) is 0.166. The van der Waals surface area contributed by atoms with Crippen LogP contribution in [0, 0.1) is 6.92 Å². The SMILES string of the molecule is Cc1oc(-c2ccc(-c3cccc(C(F)(F)F)c3)cc2)nc1CCOc1ccc(CCC(=O)O)c(C(N)C(=O)OC(C)C)c1. The lowest BCUT2D eigenvalue weighted by Gasteiger charge is -2.18. The molecular weight excluding hydrogens is 577 g/mol. The number of carbonyl (C=O) groups excluding carboxylic acids is 1. The smallest absolute Gasteiger partial charge is 0.416 e. The van der Waals surface area contributed by atoms with Crippen molar-refractivity contribution in [3.05, 3.63) is 94.9 Å². The first kappa shape index (κ1) is 32.3. The van der Waals surface area contributed by atoms with Crippen molar-refractivity contribution in [2.24, 2.45) is 5.73 Å². The minimum atomic E-state index is -4.42. The Morgan fingerprint density at radius 1 is 0.977 bits per heavy atom. The van der Waals surface area contributed by atoms with Crippen LogP contribution in [0.1, 0.15) is 54.5 Å². The van der Waals surface area contributed by atoms with Crippen molar-refractivity contribution >= 4 is 11.9 Å². The first-order valence-electron chi connectivity index (χ1n) is 14.0. The number of halogens is 3. The number of ether oxygens (including phenoxy) is 2. The molecule has 1 unspecified atom stereocenters. The number of esters is 1. The monoisotopic (exact) mass is 610 g/mol. The minimum absolute atomic E-state index is 0.124. The van der Waals surface area contributed by atoms with Crippen molar-refractivity contribution < 1.29 is 41.8 Å². The Bertz CT molecular complexity index is 1610. The van der Waals surface area contributed by atoms with Gasteiger partial charge in [0.2, 0.25) is 5.89 Å². The van der Waals surface area contributed by atoms with Crippen LogP contribution >= 0.6 is 0 Å². The third-order valence-electron chi connectivity index (χ3n) is 6.82. The molecule has 0 aliphatic rings. The number of carboxylic acids is 1. The van der Waals surface area contributed by atoms with Crippen LogP contribution in [-0.2, 0) is 33.3 Å². The molecule has 0 saturated carbocycles. The van der Waals surface area contributed by atoms with E-state index in [9.17, 15) is 22.8 Å². The molecule has 0 radical (unpaired) electrons. The zero-order chi connectivity index (χ0) is 32.0. The highest BCUT2D eigenvalue weighted by Crippen LogP contribution is 2.33. The number of nitrogens with zero attached hydrogens (tertiary/aromatic N) is 1. The fourth-order valence-corrected chi connectivity index (χ4v) is 4.58. The summed E-state index contributed by atoms with van der Waals surface area (Å²) in [6, 6.07) is 15.9. The highest BCUT2D eigenvalue weighted by molar-refractivity contribution is 5.78. The number of carbonyl (C=O) groups is 2. The van der Waals surface area contributed by atoms with Crippen molar-refractivity contribution in [1.29, 1.82) is 0 Å². The van der Waals surface area contributed by atoms with E-state index in [1.165, 1.54) is 6.07 Å². The number of nitrogens with two attached hydrogens (primary N) is 1. The van der Waals surface area contributed by atoms with Crippen LogP contribution in [0.25, 0.3) is 22.6 Å². The lowest BCUT2D eigenvalue weighted by atomic mass is 9.97. The highest BCUT2D eigenvalue weighted by atomic mass is 19.4. The molecule has 4 rings (SSSR count). The zero-order valence-electron chi connectivity index (χ0n) is 24.5. The summed E-state index contributed by atoms with van der Waals surface area (Å²) in [5, 5.41) is 9.11. The molecule has 3 N–H and O–H groups in total. The summed E-state index contributed by atoms with van der Waals surface area (Å²) >= 11 is 0. The molecule has 0 aliphatic heterocycles. The van der Waals surface area contributed by atoms with Crippen LogP contribution in [0.15, 0.2) is 71.1 Å². The van der Waals surface area contributed by atoms with Gasteiger partial charge in [0.25, 0.3) is 0 Å². The van der Waals surface area contributed by atoms with Gasteiger partial charge in [0.05, 0.1) is 24.0 Å². The maximum atomic E-state index is 13.1. The topological polar surface area (TPSA) is 125 Å². The number of hydrogen-bond donors (Lipinski definition) is 2. The van der Waals surface area contributed by atoms with Crippen molar-refractivity contribution in [1.82, 2.24) is 4.98 Å². The first-order chi connectivity index (χ1) is 20.8. The summed E-state index contributed by atoms with van der Waals surface area (Å²) in [5.74, 6) is -0.189. The Labute approximate surface area is 252 Å². The molecule has 0 aliphatic carbocycles. The van der Waals surface area contributed by atoms with Gasteiger partial charge in [-0.2, -0.15) is 13.2 Å². The highest BCUT2D eigenvalue weighted by Gasteiger charge is 2.30. The van der Waals surface area contributed by atoms with Crippen LogP contribution in [0.4, 0.5) is 13.2 Å². The van der Waals surface area contributed by atoms with Gasteiger partial charge < -0.3 is 24.7 Å². The Hall–Kier alpha value is -4.64. The molecule has 0 spiro atoms. The largest absolute Gasteiger partial charge is 0.493 e. The Balaban J connectivity index is 1.44. The Kier molecular flexibility index (Phi) is 10.1. The number of aromatic nitrogens is 1. The Morgan fingerprint density at radius 3 is 2.34 bits per heavy atom. The van der Waals surface area contributed by atoms with Crippen LogP contribution in [0.3, 0.4) is 0 Å². The Morgan fingerprint density at radius 2 is 1.68 bits per heavy atom. The molecule has 4 aromatic rings. The van der Waals surface area contributed by atoms with E-state index in [2.05, 4.69) is 4.98 Å². The summed E-state index contributed by atoms with van der Waals surface area (Å²) in [6.07, 6.45) is -4.32. The van der Waals surface area contributed by atoms with E-state index < -0.39 is 29.7 Å². The van der Waals surface area contributed by atoms with Gasteiger partial charge >= 0.3 is 18.1 Å². The van der Waals surface area contributed by atoms with Gasteiger partial charge in [-0.25, -0.2) is 9.78 Å². The van der Waals surface area contributed by atoms with Crippen molar-refractivity contribution in [3.63, 3.8) is 0 Å². The predicted molar refractivity (Wildman–Crippen MR) is 157 cm³/mol. The van der Waals surface area contributed by atoms with E-state index in [0.29, 0.717) is 57.3 Å². The molecule has 11 heteroatoms.